The molecule has 1 heterocycles. The molecule has 5 heteroatoms. The summed E-state index contributed by atoms with van der Waals surface area (Å²) in [6.45, 7) is 0. The Bertz CT molecular complexity index is 365. The highest BCUT2D eigenvalue weighted by Gasteiger charge is 2.29. The molecule has 0 aromatic carbocycles. The summed E-state index contributed by atoms with van der Waals surface area (Å²) in [5, 5.41) is 15.6. The summed E-state index contributed by atoms with van der Waals surface area (Å²) in [5.41, 5.74) is 7.77. The number of hydrogen-bond donors (Lipinski definition) is 2. The number of aryl methyl sites for hydroxylation is 1. The van der Waals surface area contributed by atoms with E-state index in [0.717, 1.165) is 5.56 Å². The molecule has 0 saturated heterocycles. The maximum absolute atomic E-state index is 8.48. The van der Waals surface area contributed by atoms with E-state index in [4.69, 9.17) is 10.9 Å². The fourth-order valence-corrected chi connectivity index (χ4v) is 1.74. The highest BCUT2D eigenvalue weighted by atomic mass is 16.4. The van der Waals surface area contributed by atoms with Gasteiger partial charge in [0.15, 0.2) is 0 Å². The second-order valence-electron chi connectivity index (χ2n) is 3.72. The molecular formula is C9H14N4O. The Kier molecular flexibility index (Phi) is 2.15. The highest BCUT2D eigenvalue weighted by Crippen LogP contribution is 2.41. The monoisotopic (exact) mass is 194 g/mol. The largest absolute Gasteiger partial charge is 0.409 e. The smallest absolute Gasteiger partial charge is 0.143 e. The van der Waals surface area contributed by atoms with E-state index < -0.39 is 0 Å². The van der Waals surface area contributed by atoms with Crippen molar-refractivity contribution in [3.05, 3.63) is 17.5 Å². The number of rotatable bonds is 3. The summed E-state index contributed by atoms with van der Waals surface area (Å²) in [5.74, 6) is 0.865. The number of nitrogens with two attached hydrogens (primary N) is 1. The number of oxime groups is 1. The fraction of sp³-hybridized carbons (Fsp3) is 0.556. The van der Waals surface area contributed by atoms with Gasteiger partial charge in [-0.1, -0.05) is 5.16 Å². The molecule has 0 unspecified atom stereocenters. The van der Waals surface area contributed by atoms with E-state index in [2.05, 4.69) is 10.3 Å². The molecule has 0 amide bonds. The molecule has 0 spiro atoms. The zero-order chi connectivity index (χ0) is 10.1. The van der Waals surface area contributed by atoms with Gasteiger partial charge in [-0.05, 0) is 12.8 Å². The van der Waals surface area contributed by atoms with Gasteiger partial charge in [0.05, 0.1) is 6.20 Å². The maximum Gasteiger partial charge on any atom is 0.143 e. The van der Waals surface area contributed by atoms with Gasteiger partial charge < -0.3 is 10.9 Å². The zero-order valence-corrected chi connectivity index (χ0v) is 8.14. The summed E-state index contributed by atoms with van der Waals surface area (Å²) in [6.07, 6.45) is 4.73. The first-order valence-corrected chi connectivity index (χ1v) is 4.69. The minimum Gasteiger partial charge on any atom is -0.409 e. The van der Waals surface area contributed by atoms with E-state index >= 15 is 0 Å². The van der Waals surface area contributed by atoms with E-state index in [9.17, 15) is 0 Å². The fourth-order valence-electron chi connectivity index (χ4n) is 1.74. The van der Waals surface area contributed by atoms with E-state index in [1.807, 2.05) is 11.7 Å². The minimum absolute atomic E-state index is 0.236. The zero-order valence-electron chi connectivity index (χ0n) is 8.14. The van der Waals surface area contributed by atoms with Gasteiger partial charge in [0, 0.05) is 30.6 Å². The van der Waals surface area contributed by atoms with Crippen LogP contribution in [-0.2, 0) is 13.5 Å². The van der Waals surface area contributed by atoms with Crippen molar-refractivity contribution in [1.29, 1.82) is 0 Å². The molecule has 1 saturated carbocycles. The standard InChI is InChI=1S/C9H14N4O/c1-13-9(6-2-3-6)7(5-11-13)4-8(10)12-14/h5-6,14H,2-4H2,1H3,(H2,10,12). The lowest BCUT2D eigenvalue weighted by molar-refractivity contribution is 0.317. The molecule has 1 fully saturated rings. The Morgan fingerprint density at radius 3 is 3.07 bits per heavy atom. The lowest BCUT2D eigenvalue weighted by atomic mass is 10.1. The van der Waals surface area contributed by atoms with Crippen molar-refractivity contribution in [1.82, 2.24) is 9.78 Å². The summed E-state index contributed by atoms with van der Waals surface area (Å²) in [6, 6.07) is 0. The van der Waals surface area contributed by atoms with Crippen LogP contribution in [0.1, 0.15) is 30.0 Å². The second-order valence-corrected chi connectivity index (χ2v) is 3.72. The van der Waals surface area contributed by atoms with E-state index in [0.29, 0.717) is 12.3 Å². The van der Waals surface area contributed by atoms with Gasteiger partial charge in [0.2, 0.25) is 0 Å². The number of hydrogen-bond acceptors (Lipinski definition) is 3. The Balaban J connectivity index is 2.24. The Hall–Kier alpha value is -1.52. The number of aromatic nitrogens is 2. The molecule has 1 aliphatic rings. The predicted octanol–water partition coefficient (Wildman–Crippen LogP) is 0.586. The van der Waals surface area contributed by atoms with Gasteiger partial charge in [-0.3, -0.25) is 4.68 Å². The van der Waals surface area contributed by atoms with Crippen LogP contribution in [0.2, 0.25) is 0 Å². The van der Waals surface area contributed by atoms with Gasteiger partial charge >= 0.3 is 0 Å². The maximum atomic E-state index is 8.48. The van der Waals surface area contributed by atoms with Crippen molar-refractivity contribution in [2.24, 2.45) is 17.9 Å². The first-order valence-electron chi connectivity index (χ1n) is 4.69. The Labute approximate surface area is 82.2 Å². The van der Waals surface area contributed by atoms with Crippen LogP contribution in [0.5, 0.6) is 0 Å². The molecule has 2 rings (SSSR count). The molecule has 1 aromatic heterocycles. The van der Waals surface area contributed by atoms with Gasteiger partial charge in [0.25, 0.3) is 0 Å². The molecule has 76 valence electrons. The van der Waals surface area contributed by atoms with E-state index in [1.54, 1.807) is 6.20 Å². The molecule has 14 heavy (non-hydrogen) atoms. The van der Waals surface area contributed by atoms with Crippen LogP contribution in [0, 0.1) is 0 Å². The summed E-state index contributed by atoms with van der Waals surface area (Å²) in [7, 11) is 1.93. The average Bonchev–Trinajstić information content (AvgIpc) is 2.93. The number of amidine groups is 1. The molecule has 5 nitrogen and oxygen atoms in total. The molecular weight excluding hydrogens is 180 g/mol. The van der Waals surface area contributed by atoms with E-state index in [1.165, 1.54) is 18.5 Å². The van der Waals surface area contributed by atoms with Gasteiger partial charge in [-0.15, -0.1) is 0 Å². The Morgan fingerprint density at radius 1 is 1.79 bits per heavy atom. The van der Waals surface area contributed by atoms with Crippen molar-refractivity contribution in [3.8, 4) is 0 Å². The molecule has 0 atom stereocenters. The van der Waals surface area contributed by atoms with Crippen molar-refractivity contribution in [2.75, 3.05) is 0 Å². The van der Waals surface area contributed by atoms with Gasteiger partial charge in [0.1, 0.15) is 5.84 Å². The first-order chi connectivity index (χ1) is 6.72. The first kappa shape index (κ1) is 9.05. The van der Waals surface area contributed by atoms with Crippen LogP contribution >= 0.6 is 0 Å². The average molecular weight is 194 g/mol. The minimum atomic E-state index is 0.236. The summed E-state index contributed by atoms with van der Waals surface area (Å²) in [4.78, 5) is 0. The normalized spacial score (nSPS) is 17.4. The molecule has 0 aliphatic heterocycles. The van der Waals surface area contributed by atoms with Crippen LogP contribution in [-0.4, -0.2) is 20.8 Å². The molecule has 1 aromatic rings. The lowest BCUT2D eigenvalue weighted by Crippen LogP contribution is -2.15. The SMILES string of the molecule is Cn1ncc(C/C(N)=N/O)c1C1CC1. The third-order valence-electron chi connectivity index (χ3n) is 2.53. The van der Waals surface area contributed by atoms with Crippen molar-refractivity contribution in [2.45, 2.75) is 25.2 Å². The Morgan fingerprint density at radius 2 is 2.50 bits per heavy atom. The molecule has 0 radical (unpaired) electrons. The van der Waals surface area contributed by atoms with E-state index in [-0.39, 0.29) is 5.84 Å². The number of nitrogens with zero attached hydrogens (tertiary/aromatic N) is 3. The summed E-state index contributed by atoms with van der Waals surface area (Å²) >= 11 is 0. The van der Waals surface area contributed by atoms with Crippen LogP contribution in [0.4, 0.5) is 0 Å². The molecule has 3 N–H and O–H groups in total. The quantitative estimate of drug-likeness (QED) is 0.320. The summed E-state index contributed by atoms with van der Waals surface area (Å²) < 4.78 is 1.89. The predicted molar refractivity (Wildman–Crippen MR) is 52.3 cm³/mol. The molecule has 1 aliphatic carbocycles. The highest BCUT2D eigenvalue weighted by molar-refractivity contribution is 5.82. The van der Waals surface area contributed by atoms with Crippen molar-refractivity contribution in [3.63, 3.8) is 0 Å². The van der Waals surface area contributed by atoms with Crippen LogP contribution < -0.4 is 5.73 Å². The van der Waals surface area contributed by atoms with Crippen LogP contribution in [0.3, 0.4) is 0 Å². The molecule has 0 bridgehead atoms. The third-order valence-corrected chi connectivity index (χ3v) is 2.53. The lowest BCUT2D eigenvalue weighted by Gasteiger charge is -2.03. The topological polar surface area (TPSA) is 76.4 Å². The third kappa shape index (κ3) is 1.57. The van der Waals surface area contributed by atoms with Gasteiger partial charge in [-0.2, -0.15) is 5.10 Å². The van der Waals surface area contributed by atoms with Gasteiger partial charge in [-0.25, -0.2) is 0 Å². The van der Waals surface area contributed by atoms with Crippen molar-refractivity contribution >= 4 is 5.84 Å². The van der Waals surface area contributed by atoms with Crippen LogP contribution in [0.25, 0.3) is 0 Å². The van der Waals surface area contributed by atoms with Crippen molar-refractivity contribution < 1.29 is 5.21 Å². The second kappa shape index (κ2) is 3.32. The van der Waals surface area contributed by atoms with Crippen LogP contribution in [0.15, 0.2) is 11.4 Å².